The molecule has 0 heterocycles. The summed E-state index contributed by atoms with van der Waals surface area (Å²) >= 11 is 1.45. The topological polar surface area (TPSA) is 66.5 Å². The molecule has 0 spiro atoms. The van der Waals surface area contributed by atoms with Crippen molar-refractivity contribution < 1.29 is 22.0 Å². The number of carbonyl (C=O) groups is 1. The van der Waals surface area contributed by atoms with Crippen LogP contribution < -0.4 is 9.62 Å². The van der Waals surface area contributed by atoms with Crippen molar-refractivity contribution in [2.75, 3.05) is 22.9 Å². The average Bonchev–Trinajstić information content (AvgIpc) is 2.61. The number of halogens is 2. The molecule has 0 saturated heterocycles. The number of benzene rings is 2. The second-order valence-electron chi connectivity index (χ2n) is 6.15. The van der Waals surface area contributed by atoms with Crippen molar-refractivity contribution >= 4 is 33.4 Å². The summed E-state index contributed by atoms with van der Waals surface area (Å²) in [5.74, 6) is -0.362. The van der Waals surface area contributed by atoms with Crippen LogP contribution in [0.2, 0.25) is 0 Å². The van der Waals surface area contributed by atoms with Gasteiger partial charge in [-0.15, -0.1) is 0 Å². The van der Waals surface area contributed by atoms with Gasteiger partial charge in [0.15, 0.2) is 0 Å². The van der Waals surface area contributed by atoms with Crippen LogP contribution in [0.4, 0.5) is 14.5 Å². The van der Waals surface area contributed by atoms with Gasteiger partial charge in [0.2, 0.25) is 15.9 Å². The van der Waals surface area contributed by atoms with E-state index in [1.807, 2.05) is 0 Å². The van der Waals surface area contributed by atoms with Gasteiger partial charge in [0.05, 0.1) is 11.9 Å². The number of hydrogen-bond donors (Lipinski definition) is 1. The molecule has 1 amide bonds. The molecular weight excluding hydrogens is 406 g/mol. The van der Waals surface area contributed by atoms with Gasteiger partial charge in [-0.2, -0.15) is 11.8 Å². The highest BCUT2D eigenvalue weighted by Crippen LogP contribution is 2.21. The van der Waals surface area contributed by atoms with Gasteiger partial charge in [-0.1, -0.05) is 24.3 Å². The van der Waals surface area contributed by atoms with E-state index in [0.717, 1.165) is 16.6 Å². The van der Waals surface area contributed by atoms with E-state index in [1.54, 1.807) is 18.2 Å². The summed E-state index contributed by atoms with van der Waals surface area (Å²) < 4.78 is 52.2. The van der Waals surface area contributed by atoms with Crippen LogP contribution in [0.15, 0.2) is 48.5 Å². The third kappa shape index (κ3) is 6.20. The molecule has 0 radical (unpaired) electrons. The fourth-order valence-electron chi connectivity index (χ4n) is 2.61. The number of thioether (sulfide) groups is 1. The fraction of sp³-hybridized carbons (Fsp3) is 0.316. The molecule has 1 atom stereocenters. The normalized spacial score (nSPS) is 12.4. The van der Waals surface area contributed by atoms with Crippen LogP contribution in [0, 0.1) is 11.6 Å². The first-order valence-corrected chi connectivity index (χ1v) is 11.5. The first kappa shape index (κ1) is 22.2. The van der Waals surface area contributed by atoms with Crippen LogP contribution in [0.3, 0.4) is 0 Å². The first-order chi connectivity index (χ1) is 13.2. The third-order valence-corrected chi connectivity index (χ3v) is 6.16. The fourth-order valence-corrected chi connectivity index (χ4v) is 4.63. The Morgan fingerprint density at radius 1 is 1.18 bits per heavy atom. The van der Waals surface area contributed by atoms with Gasteiger partial charge in [0, 0.05) is 18.1 Å². The minimum absolute atomic E-state index is 0.0825. The Labute approximate surface area is 168 Å². The highest BCUT2D eigenvalue weighted by molar-refractivity contribution is 7.98. The van der Waals surface area contributed by atoms with E-state index in [4.69, 9.17) is 0 Å². The number of hydrogen-bond acceptors (Lipinski definition) is 4. The smallest absolute Gasteiger partial charge is 0.243 e. The van der Waals surface area contributed by atoms with Gasteiger partial charge in [0.1, 0.15) is 17.7 Å². The van der Waals surface area contributed by atoms with Crippen LogP contribution in [-0.4, -0.2) is 38.9 Å². The van der Waals surface area contributed by atoms with Gasteiger partial charge in [-0.05, 0) is 36.8 Å². The van der Waals surface area contributed by atoms with E-state index in [1.165, 1.54) is 43.0 Å². The second kappa shape index (κ2) is 9.88. The Kier molecular flexibility index (Phi) is 7.82. The molecular formula is C19H22F2N2O3S2. The van der Waals surface area contributed by atoms with Crippen LogP contribution in [0.5, 0.6) is 0 Å². The van der Waals surface area contributed by atoms with Crippen molar-refractivity contribution in [2.45, 2.75) is 18.7 Å². The Morgan fingerprint density at radius 2 is 1.89 bits per heavy atom. The first-order valence-electron chi connectivity index (χ1n) is 8.54. The maximum atomic E-state index is 13.6. The Hall–Kier alpha value is -2.13. The van der Waals surface area contributed by atoms with E-state index in [9.17, 15) is 22.0 Å². The third-order valence-electron chi connectivity index (χ3n) is 3.91. The van der Waals surface area contributed by atoms with Crippen molar-refractivity contribution in [1.29, 1.82) is 0 Å². The summed E-state index contributed by atoms with van der Waals surface area (Å²) in [5.41, 5.74) is 0.667. The number of anilines is 1. The molecule has 1 N–H and O–H groups in total. The highest BCUT2D eigenvalue weighted by atomic mass is 32.2. The number of amides is 1. The summed E-state index contributed by atoms with van der Waals surface area (Å²) in [4.78, 5) is 12.4. The summed E-state index contributed by atoms with van der Waals surface area (Å²) in [6, 6.07) is 10.5. The van der Waals surface area contributed by atoms with Crippen LogP contribution >= 0.6 is 11.8 Å². The van der Waals surface area contributed by atoms with Gasteiger partial charge in [-0.3, -0.25) is 9.10 Å². The highest BCUT2D eigenvalue weighted by Gasteiger charge is 2.29. The van der Waals surface area contributed by atoms with E-state index in [-0.39, 0.29) is 11.5 Å². The second-order valence-corrected chi connectivity index (χ2v) is 9.11. The molecule has 28 heavy (non-hydrogen) atoms. The summed E-state index contributed by atoms with van der Waals surface area (Å²) in [6.07, 6.45) is 0.964. The number of carbonyl (C=O) groups excluding carboxylic acids is 1. The SMILES string of the molecule is C[C@@H](C(=O)NCCSCc1ccccc1F)N(c1cccc(F)c1)S(C)(=O)=O. The molecule has 9 heteroatoms. The van der Waals surface area contributed by atoms with Crippen molar-refractivity contribution in [3.8, 4) is 0 Å². The standard InChI is InChI=1S/C19H22F2N2O3S2/c1-14(23(28(2,25)26)17-8-5-7-16(20)12-17)19(24)22-10-11-27-13-15-6-3-4-9-18(15)21/h3-9,12,14H,10-11,13H2,1-2H3,(H,22,24)/t14-/m0/s1. The van der Waals surface area contributed by atoms with Gasteiger partial charge in [-0.25, -0.2) is 17.2 Å². The number of nitrogens with zero attached hydrogens (tertiary/aromatic N) is 1. The van der Waals surface area contributed by atoms with Crippen molar-refractivity contribution in [1.82, 2.24) is 5.32 Å². The molecule has 0 aliphatic rings. The minimum atomic E-state index is -3.80. The molecule has 0 aliphatic heterocycles. The zero-order valence-electron chi connectivity index (χ0n) is 15.6. The van der Waals surface area contributed by atoms with E-state index in [0.29, 0.717) is 23.6 Å². The van der Waals surface area contributed by atoms with Crippen LogP contribution in [-0.2, 0) is 20.6 Å². The quantitative estimate of drug-likeness (QED) is 0.623. The largest absolute Gasteiger partial charge is 0.353 e. The predicted molar refractivity (Wildman–Crippen MR) is 109 cm³/mol. The zero-order chi connectivity index (χ0) is 20.7. The lowest BCUT2D eigenvalue weighted by atomic mass is 10.2. The number of nitrogens with one attached hydrogen (secondary N) is 1. The minimum Gasteiger partial charge on any atom is -0.353 e. The molecule has 0 unspecified atom stereocenters. The van der Waals surface area contributed by atoms with Crippen LogP contribution in [0.1, 0.15) is 12.5 Å². The molecule has 0 bridgehead atoms. The van der Waals surface area contributed by atoms with Crippen molar-refractivity contribution in [2.24, 2.45) is 0 Å². The van der Waals surface area contributed by atoms with E-state index in [2.05, 4.69) is 5.32 Å². The summed E-state index contributed by atoms with van der Waals surface area (Å²) in [6.45, 7) is 1.73. The molecule has 152 valence electrons. The molecule has 0 aliphatic carbocycles. The van der Waals surface area contributed by atoms with Gasteiger partial charge >= 0.3 is 0 Å². The molecule has 0 aromatic heterocycles. The predicted octanol–water partition coefficient (Wildman–Crippen LogP) is 3.17. The lowest BCUT2D eigenvalue weighted by Gasteiger charge is -2.28. The monoisotopic (exact) mass is 428 g/mol. The number of sulfonamides is 1. The van der Waals surface area contributed by atoms with Gasteiger partial charge < -0.3 is 5.32 Å². The van der Waals surface area contributed by atoms with Crippen LogP contribution in [0.25, 0.3) is 0 Å². The summed E-state index contributed by atoms with van der Waals surface area (Å²) in [5, 5.41) is 2.67. The summed E-state index contributed by atoms with van der Waals surface area (Å²) in [7, 11) is -3.80. The maximum absolute atomic E-state index is 13.6. The van der Waals surface area contributed by atoms with Crippen molar-refractivity contribution in [3.63, 3.8) is 0 Å². The average molecular weight is 429 g/mol. The zero-order valence-corrected chi connectivity index (χ0v) is 17.2. The molecule has 0 fully saturated rings. The van der Waals surface area contributed by atoms with E-state index < -0.39 is 27.8 Å². The Bertz CT molecular complexity index is 923. The maximum Gasteiger partial charge on any atom is 0.243 e. The van der Waals surface area contributed by atoms with E-state index >= 15 is 0 Å². The number of rotatable bonds is 9. The van der Waals surface area contributed by atoms with Gasteiger partial charge in [0.25, 0.3) is 0 Å². The van der Waals surface area contributed by atoms with Crippen molar-refractivity contribution in [3.05, 3.63) is 65.7 Å². The molecule has 2 rings (SSSR count). The lowest BCUT2D eigenvalue weighted by Crippen LogP contribution is -2.48. The Morgan fingerprint density at radius 3 is 2.54 bits per heavy atom. The lowest BCUT2D eigenvalue weighted by molar-refractivity contribution is -0.121. The molecule has 2 aromatic rings. The molecule has 0 saturated carbocycles. The Balaban J connectivity index is 1.91. The molecule has 5 nitrogen and oxygen atoms in total. The molecule has 2 aromatic carbocycles.